The minimum absolute atomic E-state index is 0.136. The van der Waals surface area contributed by atoms with E-state index in [1.165, 1.54) is 4.31 Å². The summed E-state index contributed by atoms with van der Waals surface area (Å²) in [6, 6.07) is 24.0. The fourth-order valence-electron chi connectivity index (χ4n) is 4.19. The fraction of sp³-hybridized carbons (Fsp3) is 0.214. The molecule has 0 spiro atoms. The molecular formula is C28H29N3O5S. The van der Waals surface area contributed by atoms with Gasteiger partial charge in [0.05, 0.1) is 29.8 Å². The maximum atomic E-state index is 13.0. The largest absolute Gasteiger partial charge is 0.466 e. The van der Waals surface area contributed by atoms with E-state index < -0.39 is 10.0 Å². The van der Waals surface area contributed by atoms with E-state index in [0.717, 1.165) is 23.1 Å². The van der Waals surface area contributed by atoms with Crippen LogP contribution >= 0.6 is 0 Å². The van der Waals surface area contributed by atoms with E-state index in [1.807, 2.05) is 54.6 Å². The first kappa shape index (κ1) is 26.0. The number of amides is 1. The van der Waals surface area contributed by atoms with Gasteiger partial charge in [0.1, 0.15) is 0 Å². The summed E-state index contributed by atoms with van der Waals surface area (Å²) in [7, 11) is -3.56. The molecule has 1 aliphatic rings. The first-order valence-corrected chi connectivity index (χ1v) is 13.8. The molecule has 0 saturated heterocycles. The molecule has 0 unspecified atom stereocenters. The minimum Gasteiger partial charge on any atom is -0.466 e. The summed E-state index contributed by atoms with van der Waals surface area (Å²) in [5.41, 5.74) is 4.74. The standard InChI is InChI=1S/C28H29N3O5S/c1-3-36-25(32)14-9-19-31(37(2,34)35)22-17-15-21(16-18-22)29-27(20-10-5-4-6-11-20)26-23-12-7-8-13-24(23)30-28(26)33/h4-8,10-13,15-18,29H,3,9,14,19H2,1-2H3,(H,30,33)/b27-26-. The molecule has 9 heteroatoms. The molecule has 1 heterocycles. The molecule has 8 nitrogen and oxygen atoms in total. The summed E-state index contributed by atoms with van der Waals surface area (Å²) in [6.07, 6.45) is 1.61. The van der Waals surface area contributed by atoms with Gasteiger partial charge in [-0.1, -0.05) is 48.5 Å². The Kier molecular flexibility index (Phi) is 7.93. The third kappa shape index (κ3) is 6.18. The topological polar surface area (TPSA) is 105 Å². The zero-order valence-corrected chi connectivity index (χ0v) is 21.5. The van der Waals surface area contributed by atoms with Crippen molar-refractivity contribution in [1.82, 2.24) is 0 Å². The summed E-state index contributed by atoms with van der Waals surface area (Å²) in [4.78, 5) is 24.6. The molecule has 3 aromatic carbocycles. The molecule has 1 aliphatic heterocycles. The Hall–Kier alpha value is -4.11. The van der Waals surface area contributed by atoms with Crippen LogP contribution in [0.3, 0.4) is 0 Å². The van der Waals surface area contributed by atoms with E-state index in [-0.39, 0.29) is 31.4 Å². The highest BCUT2D eigenvalue weighted by molar-refractivity contribution is 7.92. The molecule has 0 aromatic heterocycles. The van der Waals surface area contributed by atoms with Gasteiger partial charge in [-0.2, -0.15) is 0 Å². The van der Waals surface area contributed by atoms with E-state index in [2.05, 4.69) is 10.6 Å². The lowest BCUT2D eigenvalue weighted by molar-refractivity contribution is -0.143. The smallest absolute Gasteiger partial charge is 0.305 e. The van der Waals surface area contributed by atoms with Gasteiger partial charge in [-0.3, -0.25) is 13.9 Å². The maximum absolute atomic E-state index is 13.0. The first-order valence-electron chi connectivity index (χ1n) is 12.0. The fourth-order valence-corrected chi connectivity index (χ4v) is 5.16. The van der Waals surface area contributed by atoms with Crippen LogP contribution < -0.4 is 14.9 Å². The van der Waals surface area contributed by atoms with E-state index in [9.17, 15) is 18.0 Å². The number of nitrogens with one attached hydrogen (secondary N) is 2. The molecule has 0 bridgehead atoms. The number of rotatable bonds is 10. The number of sulfonamides is 1. The van der Waals surface area contributed by atoms with Crippen LogP contribution in [0.15, 0.2) is 78.9 Å². The summed E-state index contributed by atoms with van der Waals surface area (Å²) in [5, 5.41) is 6.29. The van der Waals surface area contributed by atoms with Crippen LogP contribution in [-0.4, -0.2) is 39.7 Å². The van der Waals surface area contributed by atoms with Crippen molar-refractivity contribution in [3.63, 3.8) is 0 Å². The summed E-state index contributed by atoms with van der Waals surface area (Å²) < 4.78 is 31.1. The monoisotopic (exact) mass is 519 g/mol. The lowest BCUT2D eigenvalue weighted by Gasteiger charge is -2.23. The molecule has 3 aromatic rings. The average Bonchev–Trinajstić information content (AvgIpc) is 3.21. The normalized spacial score (nSPS) is 13.9. The summed E-state index contributed by atoms with van der Waals surface area (Å²) >= 11 is 0. The Balaban J connectivity index is 1.62. The highest BCUT2D eigenvalue weighted by Gasteiger charge is 2.28. The second-order valence-corrected chi connectivity index (χ2v) is 10.4. The van der Waals surface area contributed by atoms with Crippen molar-refractivity contribution in [2.75, 3.05) is 34.3 Å². The first-order chi connectivity index (χ1) is 17.8. The molecule has 0 radical (unpaired) electrons. The Morgan fingerprint density at radius 2 is 1.65 bits per heavy atom. The quantitative estimate of drug-likeness (QED) is 0.296. The van der Waals surface area contributed by atoms with Crippen molar-refractivity contribution >= 4 is 50.2 Å². The highest BCUT2D eigenvalue weighted by Crippen LogP contribution is 2.37. The second kappa shape index (κ2) is 11.3. The van der Waals surface area contributed by atoms with E-state index in [4.69, 9.17) is 4.74 Å². The van der Waals surface area contributed by atoms with Gasteiger partial charge < -0.3 is 15.4 Å². The molecule has 0 fully saturated rings. The number of ether oxygens (including phenoxy) is 1. The number of anilines is 3. The third-order valence-electron chi connectivity index (χ3n) is 5.86. The Morgan fingerprint density at radius 1 is 0.973 bits per heavy atom. The lowest BCUT2D eigenvalue weighted by Crippen LogP contribution is -2.31. The van der Waals surface area contributed by atoms with Crippen molar-refractivity contribution < 1.29 is 22.7 Å². The van der Waals surface area contributed by atoms with E-state index in [0.29, 0.717) is 29.1 Å². The van der Waals surface area contributed by atoms with Crippen molar-refractivity contribution in [2.45, 2.75) is 19.8 Å². The van der Waals surface area contributed by atoms with Crippen LogP contribution in [0.2, 0.25) is 0 Å². The predicted octanol–water partition coefficient (Wildman–Crippen LogP) is 4.73. The Labute approximate surface area is 217 Å². The Morgan fingerprint density at radius 3 is 2.32 bits per heavy atom. The molecule has 37 heavy (non-hydrogen) atoms. The molecule has 2 N–H and O–H groups in total. The van der Waals surface area contributed by atoms with Crippen molar-refractivity contribution in [3.8, 4) is 0 Å². The van der Waals surface area contributed by atoms with E-state index in [1.54, 1.807) is 31.2 Å². The maximum Gasteiger partial charge on any atom is 0.305 e. The molecule has 4 rings (SSSR count). The number of hydrogen-bond donors (Lipinski definition) is 2. The third-order valence-corrected chi connectivity index (χ3v) is 7.05. The van der Waals surface area contributed by atoms with Crippen LogP contribution in [0.4, 0.5) is 17.1 Å². The molecule has 0 atom stereocenters. The molecule has 0 saturated carbocycles. The molecular weight excluding hydrogens is 490 g/mol. The van der Waals surface area contributed by atoms with Gasteiger partial charge in [0.15, 0.2) is 0 Å². The van der Waals surface area contributed by atoms with Gasteiger partial charge in [-0.05, 0) is 49.2 Å². The number of para-hydroxylation sites is 1. The number of benzene rings is 3. The zero-order chi connectivity index (χ0) is 26.4. The molecule has 192 valence electrons. The van der Waals surface area contributed by atoms with Crippen LogP contribution in [0, 0.1) is 0 Å². The van der Waals surface area contributed by atoms with Crippen LogP contribution in [0.25, 0.3) is 11.3 Å². The van der Waals surface area contributed by atoms with Gasteiger partial charge in [0.25, 0.3) is 5.91 Å². The van der Waals surface area contributed by atoms with Gasteiger partial charge in [-0.15, -0.1) is 0 Å². The number of carbonyl (C=O) groups excluding carboxylic acids is 2. The number of esters is 1. The number of hydrogen-bond acceptors (Lipinski definition) is 6. The van der Waals surface area contributed by atoms with E-state index >= 15 is 0 Å². The SMILES string of the molecule is CCOC(=O)CCCN(c1ccc(N/C(=C2\C(=O)Nc3ccccc32)c2ccccc2)cc1)S(C)(=O)=O. The number of fused-ring (bicyclic) bond motifs is 1. The zero-order valence-electron chi connectivity index (χ0n) is 20.7. The lowest BCUT2D eigenvalue weighted by atomic mass is 10.00. The Bertz CT molecular complexity index is 1420. The van der Waals surface area contributed by atoms with Crippen LogP contribution in [0.1, 0.15) is 30.9 Å². The van der Waals surface area contributed by atoms with Gasteiger partial charge in [0.2, 0.25) is 10.0 Å². The van der Waals surface area contributed by atoms with Gasteiger partial charge in [0, 0.05) is 29.9 Å². The summed E-state index contributed by atoms with van der Waals surface area (Å²) in [6.45, 7) is 2.17. The molecule has 1 amide bonds. The minimum atomic E-state index is -3.56. The number of nitrogens with zero attached hydrogens (tertiary/aromatic N) is 1. The molecule has 0 aliphatic carbocycles. The van der Waals surface area contributed by atoms with Crippen molar-refractivity contribution in [3.05, 3.63) is 90.0 Å². The average molecular weight is 520 g/mol. The summed E-state index contributed by atoms with van der Waals surface area (Å²) in [5.74, 6) is -0.552. The van der Waals surface area contributed by atoms with Crippen molar-refractivity contribution in [2.24, 2.45) is 0 Å². The van der Waals surface area contributed by atoms with Crippen molar-refractivity contribution in [1.29, 1.82) is 0 Å². The van der Waals surface area contributed by atoms with Crippen LogP contribution in [0.5, 0.6) is 0 Å². The van der Waals surface area contributed by atoms with Crippen LogP contribution in [-0.2, 0) is 24.3 Å². The predicted molar refractivity (Wildman–Crippen MR) is 146 cm³/mol. The van der Waals surface area contributed by atoms with Gasteiger partial charge in [-0.25, -0.2) is 8.42 Å². The second-order valence-electron chi connectivity index (χ2n) is 8.53. The van der Waals surface area contributed by atoms with Gasteiger partial charge >= 0.3 is 5.97 Å². The number of carbonyl (C=O) groups is 2. The highest BCUT2D eigenvalue weighted by atomic mass is 32.2.